The Hall–Kier alpha value is -2.66. The smallest absolute Gasteiger partial charge is 0.273 e. The van der Waals surface area contributed by atoms with Crippen LogP contribution in [0.4, 0.5) is 5.69 Å². The van der Waals surface area contributed by atoms with Crippen LogP contribution in [-0.4, -0.2) is 30.8 Å². The maximum absolute atomic E-state index is 13.0. The summed E-state index contributed by atoms with van der Waals surface area (Å²) in [5.41, 5.74) is 1.33. The summed E-state index contributed by atoms with van der Waals surface area (Å²) in [6.45, 7) is 0.424. The van der Waals surface area contributed by atoms with Gasteiger partial charge in [0.25, 0.3) is 5.56 Å². The molecule has 0 fully saturated rings. The molecule has 0 atom stereocenters. The Balaban J connectivity index is 1.46. The Bertz CT molecular complexity index is 1440. The van der Waals surface area contributed by atoms with Crippen molar-refractivity contribution in [1.82, 2.24) is 19.2 Å². The molecule has 31 heavy (non-hydrogen) atoms. The van der Waals surface area contributed by atoms with Gasteiger partial charge in [-0.1, -0.05) is 29.4 Å². The third kappa shape index (κ3) is 3.99. The zero-order valence-corrected chi connectivity index (χ0v) is 19.0. The van der Waals surface area contributed by atoms with E-state index in [0.717, 1.165) is 10.4 Å². The lowest BCUT2D eigenvalue weighted by molar-refractivity contribution is -0.113. The predicted octanol–water partition coefficient (Wildman–Crippen LogP) is 4.60. The SMILES string of the molecule is O=C(CSc1nnc2n(Cc3cccs3)c(=O)c3sccc3n12)Nc1ccc(Cl)cc1. The molecule has 0 aliphatic rings. The second-order valence-electron chi connectivity index (χ2n) is 6.57. The number of thiophene rings is 2. The average molecular weight is 488 g/mol. The lowest BCUT2D eigenvalue weighted by Gasteiger charge is -2.08. The van der Waals surface area contributed by atoms with E-state index in [0.29, 0.717) is 32.9 Å². The van der Waals surface area contributed by atoms with Gasteiger partial charge in [0, 0.05) is 15.6 Å². The summed E-state index contributed by atoms with van der Waals surface area (Å²) < 4.78 is 4.12. The van der Waals surface area contributed by atoms with Crippen LogP contribution in [0.3, 0.4) is 0 Å². The number of carbonyl (C=O) groups excluding carboxylic acids is 1. The number of halogens is 1. The summed E-state index contributed by atoms with van der Waals surface area (Å²) in [5, 5.41) is 16.4. The topological polar surface area (TPSA) is 81.3 Å². The van der Waals surface area contributed by atoms with E-state index in [1.54, 1.807) is 40.2 Å². The Labute approximate surface area is 193 Å². The highest BCUT2D eigenvalue weighted by Gasteiger charge is 2.19. The first-order chi connectivity index (χ1) is 15.1. The third-order valence-electron chi connectivity index (χ3n) is 4.54. The fourth-order valence-electron chi connectivity index (χ4n) is 3.15. The highest BCUT2D eigenvalue weighted by atomic mass is 35.5. The molecule has 0 aliphatic carbocycles. The molecular formula is C20H14ClN5O2S3. The largest absolute Gasteiger partial charge is 0.325 e. The van der Waals surface area contributed by atoms with Gasteiger partial charge in [0.15, 0.2) is 5.16 Å². The molecule has 1 amide bonds. The maximum Gasteiger partial charge on any atom is 0.273 e. The fraction of sp³-hybridized carbons (Fsp3) is 0.100. The van der Waals surface area contributed by atoms with E-state index in [-0.39, 0.29) is 17.2 Å². The number of carbonyl (C=O) groups is 1. The lowest BCUT2D eigenvalue weighted by atomic mass is 10.3. The first kappa shape index (κ1) is 20.3. The van der Waals surface area contributed by atoms with Crippen LogP contribution in [0, 0.1) is 0 Å². The van der Waals surface area contributed by atoms with E-state index >= 15 is 0 Å². The summed E-state index contributed by atoms with van der Waals surface area (Å²) in [7, 11) is 0. The zero-order valence-electron chi connectivity index (χ0n) is 15.8. The van der Waals surface area contributed by atoms with Crippen LogP contribution < -0.4 is 10.9 Å². The van der Waals surface area contributed by atoms with Crippen molar-refractivity contribution in [2.75, 3.05) is 11.1 Å². The molecular weight excluding hydrogens is 474 g/mol. The molecule has 0 spiro atoms. The number of hydrogen-bond donors (Lipinski definition) is 1. The quantitative estimate of drug-likeness (QED) is 0.354. The van der Waals surface area contributed by atoms with Gasteiger partial charge in [-0.25, -0.2) is 0 Å². The molecule has 0 aliphatic heterocycles. The molecule has 1 aromatic carbocycles. The molecule has 11 heteroatoms. The Morgan fingerprint density at radius 2 is 1.94 bits per heavy atom. The van der Waals surface area contributed by atoms with E-state index in [2.05, 4.69) is 15.5 Å². The summed E-state index contributed by atoms with van der Waals surface area (Å²) in [6.07, 6.45) is 0. The van der Waals surface area contributed by atoms with Gasteiger partial charge in [0.2, 0.25) is 11.7 Å². The number of hydrogen-bond acceptors (Lipinski definition) is 7. The minimum absolute atomic E-state index is 0.0877. The molecule has 0 radical (unpaired) electrons. The predicted molar refractivity (Wildman–Crippen MR) is 127 cm³/mol. The van der Waals surface area contributed by atoms with E-state index in [1.807, 2.05) is 33.4 Å². The molecule has 7 nitrogen and oxygen atoms in total. The standard InChI is InChI=1S/C20H14ClN5O2S3/c21-12-3-5-13(6-4-12)22-16(27)11-31-20-24-23-19-25(10-14-2-1-8-29-14)18(28)17-15(26(19)20)7-9-30-17/h1-9H,10-11H2,(H,22,27). The third-order valence-corrected chi connectivity index (χ3v) is 7.47. The highest BCUT2D eigenvalue weighted by molar-refractivity contribution is 7.99. The first-order valence-corrected chi connectivity index (χ1v) is 12.3. The molecule has 1 N–H and O–H groups in total. The van der Waals surface area contributed by atoms with E-state index in [1.165, 1.54) is 23.1 Å². The normalized spacial score (nSPS) is 11.4. The lowest BCUT2D eigenvalue weighted by Crippen LogP contribution is -2.22. The second kappa shape index (κ2) is 8.46. The molecule has 5 rings (SSSR count). The number of nitrogens with zero attached hydrogens (tertiary/aromatic N) is 4. The van der Waals surface area contributed by atoms with Crippen LogP contribution in [0.5, 0.6) is 0 Å². The minimum Gasteiger partial charge on any atom is -0.325 e. The van der Waals surface area contributed by atoms with Gasteiger partial charge in [-0.3, -0.25) is 18.6 Å². The van der Waals surface area contributed by atoms with Gasteiger partial charge in [-0.15, -0.1) is 32.9 Å². The molecule has 4 aromatic heterocycles. The van der Waals surface area contributed by atoms with Gasteiger partial charge in [-0.05, 0) is 47.2 Å². The monoisotopic (exact) mass is 487 g/mol. The van der Waals surface area contributed by atoms with Crippen molar-refractivity contribution in [3.8, 4) is 0 Å². The second-order valence-corrected chi connectivity index (χ2v) is 9.89. The summed E-state index contributed by atoms with van der Waals surface area (Å²) in [4.78, 5) is 26.5. The van der Waals surface area contributed by atoms with E-state index in [4.69, 9.17) is 11.6 Å². The number of anilines is 1. The number of fused-ring (bicyclic) bond motifs is 3. The van der Waals surface area contributed by atoms with Crippen molar-refractivity contribution in [2.45, 2.75) is 11.7 Å². The Kier molecular flexibility index (Phi) is 5.53. The van der Waals surface area contributed by atoms with Crippen LogP contribution in [0.1, 0.15) is 4.88 Å². The van der Waals surface area contributed by atoms with Crippen LogP contribution >= 0.6 is 46.0 Å². The van der Waals surface area contributed by atoms with Crippen molar-refractivity contribution in [2.24, 2.45) is 0 Å². The average Bonchev–Trinajstić information content (AvgIpc) is 3.51. The molecule has 0 bridgehead atoms. The van der Waals surface area contributed by atoms with Crippen molar-refractivity contribution in [3.63, 3.8) is 0 Å². The van der Waals surface area contributed by atoms with Gasteiger partial charge in [0.1, 0.15) is 4.70 Å². The number of benzene rings is 1. The fourth-order valence-corrected chi connectivity index (χ4v) is 5.54. The van der Waals surface area contributed by atoms with Crippen molar-refractivity contribution >= 4 is 73.6 Å². The first-order valence-electron chi connectivity index (χ1n) is 9.16. The molecule has 0 unspecified atom stereocenters. The maximum atomic E-state index is 13.0. The van der Waals surface area contributed by atoms with E-state index in [9.17, 15) is 9.59 Å². The summed E-state index contributed by atoms with van der Waals surface area (Å²) >= 11 is 10.1. The summed E-state index contributed by atoms with van der Waals surface area (Å²) in [6, 6.07) is 12.7. The zero-order chi connectivity index (χ0) is 21.4. The Morgan fingerprint density at radius 1 is 1.10 bits per heavy atom. The summed E-state index contributed by atoms with van der Waals surface area (Å²) in [5.74, 6) is 0.446. The van der Waals surface area contributed by atoms with Crippen LogP contribution in [-0.2, 0) is 11.3 Å². The van der Waals surface area contributed by atoms with Gasteiger partial charge < -0.3 is 5.32 Å². The molecule has 0 saturated heterocycles. The minimum atomic E-state index is -0.169. The van der Waals surface area contributed by atoms with Gasteiger partial charge >= 0.3 is 0 Å². The number of nitrogens with one attached hydrogen (secondary N) is 1. The molecule has 5 aromatic rings. The van der Waals surface area contributed by atoms with Gasteiger partial charge in [0.05, 0.1) is 17.8 Å². The number of aromatic nitrogens is 4. The van der Waals surface area contributed by atoms with Crippen LogP contribution in [0.25, 0.3) is 16.0 Å². The molecule has 156 valence electrons. The number of rotatable bonds is 6. The Morgan fingerprint density at radius 3 is 2.71 bits per heavy atom. The van der Waals surface area contributed by atoms with Crippen LogP contribution in [0.15, 0.2) is 63.2 Å². The van der Waals surface area contributed by atoms with Gasteiger partial charge in [-0.2, -0.15) is 0 Å². The highest BCUT2D eigenvalue weighted by Crippen LogP contribution is 2.25. The molecule has 4 heterocycles. The number of amides is 1. The van der Waals surface area contributed by atoms with Crippen molar-refractivity contribution in [1.29, 1.82) is 0 Å². The van der Waals surface area contributed by atoms with E-state index < -0.39 is 0 Å². The van der Waals surface area contributed by atoms with Crippen molar-refractivity contribution < 1.29 is 4.79 Å². The van der Waals surface area contributed by atoms with Crippen LogP contribution in [0.2, 0.25) is 5.02 Å². The van der Waals surface area contributed by atoms with Crippen molar-refractivity contribution in [3.05, 3.63) is 73.5 Å². The molecule has 0 saturated carbocycles. The number of thioether (sulfide) groups is 1.